The number of benzene rings is 1. The molecule has 116 valence electrons. The van der Waals surface area contributed by atoms with Crippen LogP contribution in [-0.2, 0) is 9.53 Å². The summed E-state index contributed by atoms with van der Waals surface area (Å²) in [5.41, 5.74) is 1.81. The van der Waals surface area contributed by atoms with Crippen molar-refractivity contribution in [2.75, 3.05) is 11.9 Å². The summed E-state index contributed by atoms with van der Waals surface area (Å²) >= 11 is 0. The highest BCUT2D eigenvalue weighted by Gasteiger charge is 2.14. The number of carbonyl (C=O) groups is 2. The largest absolute Gasteiger partial charge is 0.457 e. The fourth-order valence-corrected chi connectivity index (χ4v) is 2.04. The third kappa shape index (κ3) is 3.97. The second-order valence-electron chi connectivity index (χ2n) is 5.00. The van der Waals surface area contributed by atoms with Crippen molar-refractivity contribution in [3.8, 4) is 0 Å². The van der Waals surface area contributed by atoms with Gasteiger partial charge in [0, 0.05) is 5.69 Å². The van der Waals surface area contributed by atoms with Gasteiger partial charge in [-0.1, -0.05) is 32.0 Å². The molecule has 5 nitrogen and oxygen atoms in total. The molecule has 22 heavy (non-hydrogen) atoms. The molecule has 5 heteroatoms. The average molecular weight is 301 g/mol. The summed E-state index contributed by atoms with van der Waals surface area (Å²) in [5.74, 6) is -0.624. The first-order valence-electron chi connectivity index (χ1n) is 7.21. The van der Waals surface area contributed by atoms with E-state index in [9.17, 15) is 9.59 Å². The van der Waals surface area contributed by atoms with Crippen molar-refractivity contribution >= 4 is 17.6 Å². The Morgan fingerprint density at radius 3 is 2.68 bits per heavy atom. The summed E-state index contributed by atoms with van der Waals surface area (Å²) in [4.78, 5) is 23.5. The summed E-state index contributed by atoms with van der Waals surface area (Å²) in [6.07, 6.45) is 2.35. The monoisotopic (exact) mass is 301 g/mol. The van der Waals surface area contributed by atoms with E-state index in [1.54, 1.807) is 6.07 Å². The molecule has 2 rings (SSSR count). The summed E-state index contributed by atoms with van der Waals surface area (Å²) in [6.45, 7) is 3.84. The number of carbonyl (C=O) groups excluding carboxylic acids is 2. The minimum Gasteiger partial charge on any atom is -0.457 e. The second-order valence-corrected chi connectivity index (χ2v) is 5.00. The zero-order chi connectivity index (χ0) is 15.9. The molecule has 1 aromatic heterocycles. The van der Waals surface area contributed by atoms with Crippen LogP contribution in [0.2, 0.25) is 0 Å². The standard InChI is InChI=1S/C17H19NO4/c1-3-12(2)13-7-4-5-8-14(13)18-16(19)11-22-17(20)15-9-6-10-21-15/h4-10,12H,3,11H2,1-2H3,(H,18,19)/t12-/m0/s1. The van der Waals surface area contributed by atoms with Crippen LogP contribution in [0, 0.1) is 0 Å². The maximum Gasteiger partial charge on any atom is 0.374 e. The Hall–Kier alpha value is -2.56. The zero-order valence-electron chi connectivity index (χ0n) is 12.7. The number of amides is 1. The number of furan rings is 1. The van der Waals surface area contributed by atoms with E-state index in [0.717, 1.165) is 17.7 Å². The van der Waals surface area contributed by atoms with E-state index in [2.05, 4.69) is 19.2 Å². The molecule has 1 atom stereocenters. The molecule has 1 aromatic carbocycles. The first-order valence-corrected chi connectivity index (χ1v) is 7.21. The van der Waals surface area contributed by atoms with Gasteiger partial charge >= 0.3 is 5.97 Å². The Morgan fingerprint density at radius 2 is 2.00 bits per heavy atom. The van der Waals surface area contributed by atoms with Crippen molar-refractivity contribution in [1.29, 1.82) is 0 Å². The van der Waals surface area contributed by atoms with Gasteiger partial charge in [-0.05, 0) is 36.1 Å². The van der Waals surface area contributed by atoms with Crippen LogP contribution in [0.15, 0.2) is 47.1 Å². The van der Waals surface area contributed by atoms with E-state index >= 15 is 0 Å². The average Bonchev–Trinajstić information content (AvgIpc) is 3.07. The lowest BCUT2D eigenvalue weighted by atomic mass is 9.97. The zero-order valence-corrected chi connectivity index (χ0v) is 12.7. The fraction of sp³-hybridized carbons (Fsp3) is 0.294. The van der Waals surface area contributed by atoms with Crippen LogP contribution in [0.1, 0.15) is 42.3 Å². The van der Waals surface area contributed by atoms with Gasteiger partial charge < -0.3 is 14.5 Å². The molecule has 0 fully saturated rings. The van der Waals surface area contributed by atoms with E-state index in [0.29, 0.717) is 5.92 Å². The van der Waals surface area contributed by atoms with Crippen LogP contribution in [0.4, 0.5) is 5.69 Å². The maximum absolute atomic E-state index is 11.9. The van der Waals surface area contributed by atoms with Crippen molar-refractivity contribution < 1.29 is 18.7 Å². The Labute approximate surface area is 129 Å². The van der Waals surface area contributed by atoms with Crippen LogP contribution in [0.5, 0.6) is 0 Å². The van der Waals surface area contributed by atoms with Crippen LogP contribution < -0.4 is 5.32 Å². The number of para-hydroxylation sites is 1. The lowest BCUT2D eigenvalue weighted by Gasteiger charge is -2.15. The molecule has 0 aliphatic rings. The highest BCUT2D eigenvalue weighted by atomic mass is 16.5. The predicted molar refractivity (Wildman–Crippen MR) is 82.8 cm³/mol. The summed E-state index contributed by atoms with van der Waals surface area (Å²) < 4.78 is 9.81. The van der Waals surface area contributed by atoms with E-state index in [1.807, 2.05) is 24.3 Å². The minimum atomic E-state index is -0.657. The maximum atomic E-state index is 11.9. The van der Waals surface area contributed by atoms with Crippen LogP contribution >= 0.6 is 0 Å². The summed E-state index contributed by atoms with van der Waals surface area (Å²) in [5, 5.41) is 2.78. The lowest BCUT2D eigenvalue weighted by molar-refractivity contribution is -0.119. The molecule has 0 saturated heterocycles. The molecule has 1 N–H and O–H groups in total. The molecule has 2 aromatic rings. The molecule has 0 unspecified atom stereocenters. The van der Waals surface area contributed by atoms with Gasteiger partial charge in [0.1, 0.15) is 0 Å². The predicted octanol–water partition coefficient (Wildman–Crippen LogP) is 3.59. The number of hydrogen-bond donors (Lipinski definition) is 1. The number of hydrogen-bond acceptors (Lipinski definition) is 4. The Balaban J connectivity index is 1.94. The van der Waals surface area contributed by atoms with E-state index in [4.69, 9.17) is 9.15 Å². The quantitative estimate of drug-likeness (QED) is 0.828. The van der Waals surface area contributed by atoms with Crippen LogP contribution in [0.3, 0.4) is 0 Å². The molecule has 0 saturated carbocycles. The third-order valence-electron chi connectivity index (χ3n) is 3.43. The lowest BCUT2D eigenvalue weighted by Crippen LogP contribution is -2.21. The topological polar surface area (TPSA) is 68.5 Å². The molecular formula is C17H19NO4. The number of rotatable bonds is 6. The van der Waals surface area contributed by atoms with Crippen LogP contribution in [0.25, 0.3) is 0 Å². The summed E-state index contributed by atoms with van der Waals surface area (Å²) in [7, 11) is 0. The SMILES string of the molecule is CC[C@H](C)c1ccccc1NC(=O)COC(=O)c1ccco1. The van der Waals surface area contributed by atoms with E-state index in [-0.39, 0.29) is 18.3 Å². The fourth-order valence-electron chi connectivity index (χ4n) is 2.04. The third-order valence-corrected chi connectivity index (χ3v) is 3.43. The number of anilines is 1. The second kappa shape index (κ2) is 7.45. The molecule has 0 bridgehead atoms. The van der Waals surface area contributed by atoms with Gasteiger partial charge in [-0.25, -0.2) is 4.79 Å². The van der Waals surface area contributed by atoms with E-state index in [1.165, 1.54) is 12.3 Å². The van der Waals surface area contributed by atoms with Crippen molar-refractivity contribution in [3.05, 3.63) is 54.0 Å². The van der Waals surface area contributed by atoms with Crippen molar-refractivity contribution in [2.45, 2.75) is 26.2 Å². The Kier molecular flexibility index (Phi) is 5.36. The molecule has 1 heterocycles. The van der Waals surface area contributed by atoms with Gasteiger partial charge in [-0.2, -0.15) is 0 Å². The number of esters is 1. The molecule has 0 spiro atoms. The van der Waals surface area contributed by atoms with Crippen molar-refractivity contribution in [3.63, 3.8) is 0 Å². The number of ether oxygens (including phenoxy) is 1. The molecule has 0 aliphatic carbocycles. The first-order chi connectivity index (χ1) is 10.6. The van der Waals surface area contributed by atoms with Gasteiger partial charge in [0.05, 0.1) is 6.26 Å². The smallest absolute Gasteiger partial charge is 0.374 e. The van der Waals surface area contributed by atoms with Gasteiger partial charge in [-0.15, -0.1) is 0 Å². The van der Waals surface area contributed by atoms with Gasteiger partial charge in [0.2, 0.25) is 5.76 Å². The highest BCUT2D eigenvalue weighted by Crippen LogP contribution is 2.26. The van der Waals surface area contributed by atoms with Crippen molar-refractivity contribution in [1.82, 2.24) is 0 Å². The highest BCUT2D eigenvalue weighted by molar-refractivity contribution is 5.95. The molecule has 1 amide bonds. The molecule has 0 radical (unpaired) electrons. The minimum absolute atomic E-state index is 0.0767. The summed E-state index contributed by atoms with van der Waals surface area (Å²) in [6, 6.07) is 10.7. The van der Waals surface area contributed by atoms with Gasteiger partial charge in [-0.3, -0.25) is 4.79 Å². The van der Waals surface area contributed by atoms with Gasteiger partial charge in [0.15, 0.2) is 6.61 Å². The number of nitrogens with one attached hydrogen (secondary N) is 1. The molecule has 0 aliphatic heterocycles. The normalized spacial score (nSPS) is 11.7. The Bertz CT molecular complexity index is 634. The van der Waals surface area contributed by atoms with Crippen LogP contribution in [-0.4, -0.2) is 18.5 Å². The molecular weight excluding hydrogens is 282 g/mol. The Morgan fingerprint density at radius 1 is 1.23 bits per heavy atom. The van der Waals surface area contributed by atoms with Crippen molar-refractivity contribution in [2.24, 2.45) is 0 Å². The van der Waals surface area contributed by atoms with E-state index < -0.39 is 5.97 Å². The first kappa shape index (κ1) is 15.8. The van der Waals surface area contributed by atoms with Gasteiger partial charge in [0.25, 0.3) is 5.91 Å².